The summed E-state index contributed by atoms with van der Waals surface area (Å²) in [6.45, 7) is 2.82. The van der Waals surface area contributed by atoms with Crippen molar-refractivity contribution in [3.8, 4) is 0 Å². The van der Waals surface area contributed by atoms with Gasteiger partial charge in [-0.25, -0.2) is 4.98 Å². The summed E-state index contributed by atoms with van der Waals surface area (Å²) in [5.41, 5.74) is 7.37. The van der Waals surface area contributed by atoms with Gasteiger partial charge in [0.05, 0.1) is 0 Å². The van der Waals surface area contributed by atoms with Crippen molar-refractivity contribution in [2.75, 3.05) is 18.5 Å². The number of hydrogen-bond acceptors (Lipinski definition) is 5. The number of ether oxygens (including phenoxy) is 1. The van der Waals surface area contributed by atoms with E-state index in [2.05, 4.69) is 10.3 Å². The number of anilines is 1. The number of nitrogens with one attached hydrogen (secondary N) is 1. The third kappa shape index (κ3) is 2.39. The average Bonchev–Trinajstić information content (AvgIpc) is 2.79. The molecule has 0 atom stereocenters. The van der Waals surface area contributed by atoms with Gasteiger partial charge >= 0.3 is 0 Å². The molecule has 2 aromatic rings. The Labute approximate surface area is 116 Å². The normalized spacial score (nSPS) is 18.1. The van der Waals surface area contributed by atoms with E-state index in [0.717, 1.165) is 5.52 Å². The minimum atomic E-state index is -0.857. The lowest BCUT2D eigenvalue weighted by Crippen LogP contribution is -2.54. The van der Waals surface area contributed by atoms with E-state index in [1.165, 1.54) is 0 Å². The number of benzene rings is 1. The summed E-state index contributed by atoms with van der Waals surface area (Å²) < 4.78 is 10.7. The van der Waals surface area contributed by atoms with Crippen molar-refractivity contribution in [1.82, 2.24) is 4.98 Å². The zero-order valence-corrected chi connectivity index (χ0v) is 11.3. The molecule has 6 heteroatoms. The van der Waals surface area contributed by atoms with E-state index in [0.29, 0.717) is 43.2 Å². The first-order valence-corrected chi connectivity index (χ1v) is 6.62. The summed E-state index contributed by atoms with van der Waals surface area (Å²) in [4.78, 5) is 16.5. The monoisotopic (exact) mass is 275 g/mol. The van der Waals surface area contributed by atoms with Crippen molar-refractivity contribution in [2.24, 2.45) is 5.73 Å². The van der Waals surface area contributed by atoms with Crippen LogP contribution in [0.4, 0.5) is 5.69 Å². The predicted molar refractivity (Wildman–Crippen MR) is 74.3 cm³/mol. The zero-order chi connectivity index (χ0) is 14.2. The number of nitrogens with two attached hydrogens (primary N) is 1. The van der Waals surface area contributed by atoms with Crippen LogP contribution < -0.4 is 11.1 Å². The molecule has 6 nitrogen and oxygen atoms in total. The first-order valence-electron chi connectivity index (χ1n) is 6.62. The SMILES string of the molecule is Cc1nc2ccc(NC(=O)C3(N)CCOCC3)cc2o1. The third-order valence-corrected chi connectivity index (χ3v) is 3.59. The van der Waals surface area contributed by atoms with E-state index in [4.69, 9.17) is 14.9 Å². The van der Waals surface area contributed by atoms with Gasteiger partial charge in [0.1, 0.15) is 11.1 Å². The van der Waals surface area contributed by atoms with Crippen LogP contribution in [0.15, 0.2) is 22.6 Å². The molecule has 3 N–H and O–H groups in total. The highest BCUT2D eigenvalue weighted by Crippen LogP contribution is 2.23. The Balaban J connectivity index is 1.79. The van der Waals surface area contributed by atoms with Crippen LogP contribution in [0.2, 0.25) is 0 Å². The fraction of sp³-hybridized carbons (Fsp3) is 0.429. The standard InChI is InChI=1S/C14H17N3O3/c1-9-16-11-3-2-10(8-12(11)20-9)17-13(18)14(15)4-6-19-7-5-14/h2-3,8H,4-7,15H2,1H3,(H,17,18). The molecule has 1 amide bonds. The van der Waals surface area contributed by atoms with Gasteiger partial charge in [-0.2, -0.15) is 0 Å². The molecule has 0 saturated carbocycles. The number of carbonyl (C=O) groups excluding carboxylic acids is 1. The summed E-state index contributed by atoms with van der Waals surface area (Å²) in [6, 6.07) is 5.37. The van der Waals surface area contributed by atoms with E-state index >= 15 is 0 Å². The van der Waals surface area contributed by atoms with Gasteiger partial charge < -0.3 is 20.2 Å². The molecule has 0 spiro atoms. The summed E-state index contributed by atoms with van der Waals surface area (Å²) in [7, 11) is 0. The highest BCUT2D eigenvalue weighted by molar-refractivity contribution is 5.99. The maximum atomic E-state index is 12.3. The van der Waals surface area contributed by atoms with Crippen LogP contribution in [0.5, 0.6) is 0 Å². The maximum Gasteiger partial charge on any atom is 0.244 e. The lowest BCUT2D eigenvalue weighted by atomic mass is 9.90. The lowest BCUT2D eigenvalue weighted by molar-refractivity contribution is -0.124. The van der Waals surface area contributed by atoms with Crippen LogP contribution >= 0.6 is 0 Å². The van der Waals surface area contributed by atoms with Gasteiger partial charge in [-0.05, 0) is 25.0 Å². The van der Waals surface area contributed by atoms with Crippen LogP contribution in [0.25, 0.3) is 11.1 Å². The van der Waals surface area contributed by atoms with Crippen LogP contribution in [0.3, 0.4) is 0 Å². The van der Waals surface area contributed by atoms with E-state index in [1.807, 2.05) is 6.07 Å². The lowest BCUT2D eigenvalue weighted by Gasteiger charge is -2.31. The largest absolute Gasteiger partial charge is 0.441 e. The number of hydrogen-bond donors (Lipinski definition) is 2. The molecule has 106 valence electrons. The van der Waals surface area contributed by atoms with Crippen LogP contribution in [0, 0.1) is 6.92 Å². The van der Waals surface area contributed by atoms with Crippen LogP contribution in [-0.2, 0) is 9.53 Å². The van der Waals surface area contributed by atoms with Crippen LogP contribution in [0.1, 0.15) is 18.7 Å². The van der Waals surface area contributed by atoms with Crippen molar-refractivity contribution in [3.05, 3.63) is 24.1 Å². The van der Waals surface area contributed by atoms with Crippen molar-refractivity contribution in [1.29, 1.82) is 0 Å². The highest BCUT2D eigenvalue weighted by Gasteiger charge is 2.35. The number of amides is 1. The van der Waals surface area contributed by atoms with Gasteiger partial charge in [0.2, 0.25) is 5.91 Å². The summed E-state index contributed by atoms with van der Waals surface area (Å²) in [6.07, 6.45) is 1.06. The van der Waals surface area contributed by atoms with Crippen molar-refractivity contribution >= 4 is 22.7 Å². The Morgan fingerprint density at radius 1 is 1.40 bits per heavy atom. The molecule has 3 rings (SSSR count). The molecule has 1 aliphatic rings. The summed E-state index contributed by atoms with van der Waals surface area (Å²) in [5.74, 6) is 0.416. The quantitative estimate of drug-likeness (QED) is 0.868. The molecule has 1 aliphatic heterocycles. The Morgan fingerprint density at radius 3 is 2.90 bits per heavy atom. The molecule has 20 heavy (non-hydrogen) atoms. The second-order valence-corrected chi connectivity index (χ2v) is 5.14. The second kappa shape index (κ2) is 4.88. The maximum absolute atomic E-state index is 12.3. The molecule has 0 unspecified atom stereocenters. The van der Waals surface area contributed by atoms with Gasteiger partial charge in [-0.3, -0.25) is 4.79 Å². The molecule has 1 aromatic carbocycles. The summed E-state index contributed by atoms with van der Waals surface area (Å²) in [5, 5.41) is 2.85. The Morgan fingerprint density at radius 2 is 2.15 bits per heavy atom. The molecule has 2 heterocycles. The van der Waals surface area contributed by atoms with Gasteiger partial charge in [0.25, 0.3) is 0 Å². The molecular weight excluding hydrogens is 258 g/mol. The molecular formula is C14H17N3O3. The predicted octanol–water partition coefficient (Wildman–Crippen LogP) is 1.58. The van der Waals surface area contributed by atoms with Crippen molar-refractivity contribution < 1.29 is 13.9 Å². The van der Waals surface area contributed by atoms with Gasteiger partial charge in [-0.15, -0.1) is 0 Å². The van der Waals surface area contributed by atoms with E-state index in [9.17, 15) is 4.79 Å². The van der Waals surface area contributed by atoms with Crippen LogP contribution in [-0.4, -0.2) is 29.6 Å². The molecule has 0 bridgehead atoms. The molecule has 1 fully saturated rings. The van der Waals surface area contributed by atoms with E-state index in [-0.39, 0.29) is 5.91 Å². The number of fused-ring (bicyclic) bond motifs is 1. The van der Waals surface area contributed by atoms with E-state index in [1.54, 1.807) is 19.1 Å². The van der Waals surface area contributed by atoms with Gasteiger partial charge in [0, 0.05) is 31.9 Å². The first kappa shape index (κ1) is 13.1. The third-order valence-electron chi connectivity index (χ3n) is 3.59. The van der Waals surface area contributed by atoms with E-state index < -0.39 is 5.54 Å². The second-order valence-electron chi connectivity index (χ2n) is 5.14. The molecule has 0 aliphatic carbocycles. The fourth-order valence-corrected chi connectivity index (χ4v) is 2.34. The Kier molecular flexibility index (Phi) is 3.19. The zero-order valence-electron chi connectivity index (χ0n) is 11.3. The fourth-order valence-electron chi connectivity index (χ4n) is 2.34. The Bertz CT molecular complexity index is 644. The minimum absolute atomic E-state index is 0.184. The molecule has 0 radical (unpaired) electrons. The molecule has 1 saturated heterocycles. The number of oxazole rings is 1. The number of aryl methyl sites for hydroxylation is 1. The highest BCUT2D eigenvalue weighted by atomic mass is 16.5. The first-order chi connectivity index (χ1) is 9.57. The number of nitrogens with zero attached hydrogens (tertiary/aromatic N) is 1. The van der Waals surface area contributed by atoms with Crippen molar-refractivity contribution in [3.63, 3.8) is 0 Å². The number of carbonyl (C=O) groups is 1. The number of aromatic nitrogens is 1. The smallest absolute Gasteiger partial charge is 0.244 e. The molecule has 1 aromatic heterocycles. The topological polar surface area (TPSA) is 90.4 Å². The number of rotatable bonds is 2. The van der Waals surface area contributed by atoms with Gasteiger partial charge in [0.15, 0.2) is 11.5 Å². The minimum Gasteiger partial charge on any atom is -0.441 e. The van der Waals surface area contributed by atoms with Gasteiger partial charge in [-0.1, -0.05) is 0 Å². The summed E-state index contributed by atoms with van der Waals surface area (Å²) >= 11 is 0. The van der Waals surface area contributed by atoms with Crippen molar-refractivity contribution in [2.45, 2.75) is 25.3 Å². The average molecular weight is 275 g/mol. The Hall–Kier alpha value is -1.92.